The molecular formula is C27H27FO5. The van der Waals surface area contributed by atoms with Gasteiger partial charge in [0.25, 0.3) is 0 Å². The predicted octanol–water partition coefficient (Wildman–Crippen LogP) is 6.40. The van der Waals surface area contributed by atoms with E-state index in [1.54, 1.807) is 43.3 Å². The number of carbonyl (C=O) groups is 2. The molecule has 0 bridgehead atoms. The van der Waals surface area contributed by atoms with Crippen molar-refractivity contribution in [3.05, 3.63) is 82.7 Å². The SMILES string of the molecule is Cc1c(OCc2cccc(-c3cc(C(=O)O)ccc3F)c2)ccc(C(=O)CC(C)(C)C)c1O. The quantitative estimate of drug-likeness (QED) is 0.407. The third-order valence-corrected chi connectivity index (χ3v) is 5.22. The summed E-state index contributed by atoms with van der Waals surface area (Å²) < 4.78 is 20.2. The van der Waals surface area contributed by atoms with Gasteiger partial charge in [-0.2, -0.15) is 0 Å². The lowest BCUT2D eigenvalue weighted by Crippen LogP contribution is -2.13. The van der Waals surface area contributed by atoms with E-state index in [9.17, 15) is 24.2 Å². The molecule has 0 radical (unpaired) electrons. The first-order valence-corrected chi connectivity index (χ1v) is 10.6. The van der Waals surface area contributed by atoms with Crippen molar-refractivity contribution in [1.29, 1.82) is 0 Å². The summed E-state index contributed by atoms with van der Waals surface area (Å²) in [6.45, 7) is 7.71. The third-order valence-electron chi connectivity index (χ3n) is 5.22. The molecule has 5 nitrogen and oxygen atoms in total. The van der Waals surface area contributed by atoms with Gasteiger partial charge in [-0.05, 0) is 59.9 Å². The second-order valence-electron chi connectivity index (χ2n) is 9.23. The zero-order valence-corrected chi connectivity index (χ0v) is 19.1. The van der Waals surface area contributed by atoms with Gasteiger partial charge in [-0.3, -0.25) is 4.79 Å². The van der Waals surface area contributed by atoms with E-state index in [1.165, 1.54) is 12.1 Å². The summed E-state index contributed by atoms with van der Waals surface area (Å²) in [6.07, 6.45) is 0.312. The van der Waals surface area contributed by atoms with Crippen molar-refractivity contribution in [3.8, 4) is 22.6 Å². The maximum atomic E-state index is 14.3. The summed E-state index contributed by atoms with van der Waals surface area (Å²) in [6, 6.07) is 13.8. The predicted molar refractivity (Wildman–Crippen MR) is 124 cm³/mol. The second kappa shape index (κ2) is 9.45. The molecule has 3 aromatic rings. The van der Waals surface area contributed by atoms with Crippen LogP contribution in [-0.4, -0.2) is 22.0 Å². The van der Waals surface area contributed by atoms with E-state index in [1.807, 2.05) is 20.8 Å². The van der Waals surface area contributed by atoms with Crippen molar-refractivity contribution in [2.75, 3.05) is 0 Å². The standard InChI is InChI=1S/C27H27FO5/c1-16-24(11-9-20(25(16)30)23(29)14-27(2,3)4)33-15-17-6-5-7-18(12-17)21-13-19(26(31)32)8-10-22(21)28/h5-13,30H,14-15H2,1-4H3,(H,31,32). The second-order valence-corrected chi connectivity index (χ2v) is 9.23. The van der Waals surface area contributed by atoms with Gasteiger partial charge in [0.1, 0.15) is 23.9 Å². The average molecular weight is 451 g/mol. The molecule has 0 atom stereocenters. The van der Waals surface area contributed by atoms with Crippen LogP contribution in [0.4, 0.5) is 4.39 Å². The molecule has 0 saturated carbocycles. The summed E-state index contributed by atoms with van der Waals surface area (Å²) >= 11 is 0. The van der Waals surface area contributed by atoms with Gasteiger partial charge >= 0.3 is 5.97 Å². The number of aromatic hydroxyl groups is 1. The van der Waals surface area contributed by atoms with Crippen LogP contribution in [-0.2, 0) is 6.61 Å². The number of hydrogen-bond donors (Lipinski definition) is 2. The van der Waals surface area contributed by atoms with Gasteiger partial charge in [0.15, 0.2) is 5.78 Å². The van der Waals surface area contributed by atoms with Gasteiger partial charge in [0.2, 0.25) is 0 Å². The fraction of sp³-hybridized carbons (Fsp3) is 0.259. The zero-order chi connectivity index (χ0) is 24.3. The number of carbonyl (C=O) groups excluding carboxylic acids is 1. The molecule has 3 aromatic carbocycles. The van der Waals surface area contributed by atoms with Crippen molar-refractivity contribution in [3.63, 3.8) is 0 Å². The van der Waals surface area contributed by atoms with E-state index >= 15 is 0 Å². The molecule has 0 spiro atoms. The van der Waals surface area contributed by atoms with Gasteiger partial charge in [0.05, 0.1) is 11.1 Å². The first-order chi connectivity index (χ1) is 15.5. The minimum atomic E-state index is -1.13. The Labute approximate surface area is 192 Å². The van der Waals surface area contributed by atoms with Crippen LogP contribution in [0.2, 0.25) is 0 Å². The van der Waals surface area contributed by atoms with Crippen molar-refractivity contribution in [1.82, 2.24) is 0 Å². The molecule has 2 N–H and O–H groups in total. The number of hydrogen-bond acceptors (Lipinski definition) is 4. The van der Waals surface area contributed by atoms with Gasteiger partial charge in [-0.15, -0.1) is 0 Å². The van der Waals surface area contributed by atoms with E-state index < -0.39 is 11.8 Å². The van der Waals surface area contributed by atoms with E-state index in [-0.39, 0.29) is 40.2 Å². The fourth-order valence-corrected chi connectivity index (χ4v) is 3.51. The molecule has 0 fully saturated rings. The summed E-state index contributed by atoms with van der Waals surface area (Å²) in [5.41, 5.74) is 1.99. The van der Waals surface area contributed by atoms with Crippen LogP contribution in [0.25, 0.3) is 11.1 Å². The minimum Gasteiger partial charge on any atom is -0.507 e. The van der Waals surface area contributed by atoms with Crippen LogP contribution in [0.15, 0.2) is 54.6 Å². The topological polar surface area (TPSA) is 83.8 Å². The van der Waals surface area contributed by atoms with E-state index in [0.717, 1.165) is 11.6 Å². The average Bonchev–Trinajstić information content (AvgIpc) is 2.74. The number of ether oxygens (including phenoxy) is 1. The summed E-state index contributed by atoms with van der Waals surface area (Å²) in [7, 11) is 0. The molecule has 0 heterocycles. The molecular weight excluding hydrogens is 423 g/mol. The number of ketones is 1. The Hall–Kier alpha value is -3.67. The Balaban J connectivity index is 1.80. The first-order valence-electron chi connectivity index (χ1n) is 10.6. The molecule has 0 amide bonds. The Morgan fingerprint density at radius 1 is 1.03 bits per heavy atom. The smallest absolute Gasteiger partial charge is 0.335 e. The van der Waals surface area contributed by atoms with Gasteiger partial charge in [-0.1, -0.05) is 39.0 Å². The Bertz CT molecular complexity index is 1210. The monoisotopic (exact) mass is 450 g/mol. The molecule has 0 aliphatic heterocycles. The zero-order valence-electron chi connectivity index (χ0n) is 19.1. The first kappa shape index (κ1) is 24.0. The molecule has 0 aromatic heterocycles. The van der Waals surface area contributed by atoms with Gasteiger partial charge < -0.3 is 14.9 Å². The molecule has 0 aliphatic carbocycles. The number of phenols is 1. The number of benzene rings is 3. The number of phenolic OH excluding ortho intramolecular Hbond substituents is 1. The summed E-state index contributed by atoms with van der Waals surface area (Å²) in [4.78, 5) is 23.8. The number of aromatic carboxylic acids is 1. The van der Waals surface area contributed by atoms with E-state index in [4.69, 9.17) is 4.74 Å². The van der Waals surface area contributed by atoms with Crippen molar-refractivity contribution < 1.29 is 28.9 Å². The van der Waals surface area contributed by atoms with Gasteiger partial charge in [-0.25, -0.2) is 9.18 Å². The van der Waals surface area contributed by atoms with Crippen molar-refractivity contribution >= 4 is 11.8 Å². The number of halogens is 1. The number of rotatable bonds is 7. The van der Waals surface area contributed by atoms with Crippen LogP contribution in [0.3, 0.4) is 0 Å². The summed E-state index contributed by atoms with van der Waals surface area (Å²) in [5, 5.41) is 19.7. The highest BCUT2D eigenvalue weighted by molar-refractivity contribution is 5.99. The van der Waals surface area contributed by atoms with Crippen LogP contribution in [0.1, 0.15) is 59.0 Å². The van der Waals surface area contributed by atoms with E-state index in [0.29, 0.717) is 23.3 Å². The lowest BCUT2D eigenvalue weighted by atomic mass is 9.87. The van der Waals surface area contributed by atoms with Crippen LogP contribution in [0.5, 0.6) is 11.5 Å². The molecule has 3 rings (SSSR count). The number of Topliss-reactive ketones (excluding diaryl/α,β-unsaturated/α-hetero) is 1. The van der Waals surface area contributed by atoms with E-state index in [2.05, 4.69) is 0 Å². The lowest BCUT2D eigenvalue weighted by Gasteiger charge is -2.18. The molecule has 0 saturated heterocycles. The van der Waals surface area contributed by atoms with Crippen molar-refractivity contribution in [2.45, 2.75) is 40.7 Å². The van der Waals surface area contributed by atoms with Crippen LogP contribution >= 0.6 is 0 Å². The van der Waals surface area contributed by atoms with Crippen molar-refractivity contribution in [2.24, 2.45) is 5.41 Å². The Morgan fingerprint density at radius 2 is 1.76 bits per heavy atom. The highest BCUT2D eigenvalue weighted by atomic mass is 19.1. The molecule has 6 heteroatoms. The lowest BCUT2D eigenvalue weighted by molar-refractivity contribution is 0.0696. The Morgan fingerprint density at radius 3 is 2.42 bits per heavy atom. The van der Waals surface area contributed by atoms with Crippen LogP contribution < -0.4 is 4.74 Å². The largest absolute Gasteiger partial charge is 0.507 e. The van der Waals surface area contributed by atoms with Crippen LogP contribution in [0, 0.1) is 18.2 Å². The highest BCUT2D eigenvalue weighted by Gasteiger charge is 2.21. The number of carboxylic acid groups (broad SMARTS) is 1. The highest BCUT2D eigenvalue weighted by Crippen LogP contribution is 2.34. The molecule has 0 unspecified atom stereocenters. The molecule has 0 aliphatic rings. The molecule has 33 heavy (non-hydrogen) atoms. The summed E-state index contributed by atoms with van der Waals surface area (Å²) in [5.74, 6) is -1.44. The normalized spacial score (nSPS) is 11.3. The Kier molecular flexibility index (Phi) is 6.86. The maximum Gasteiger partial charge on any atom is 0.335 e. The molecule has 172 valence electrons. The third kappa shape index (κ3) is 5.77. The fourth-order valence-electron chi connectivity index (χ4n) is 3.51. The number of carboxylic acids is 1. The minimum absolute atomic E-state index is 0.000232. The van der Waals surface area contributed by atoms with Gasteiger partial charge in [0, 0.05) is 17.5 Å². The maximum absolute atomic E-state index is 14.3.